The Bertz CT molecular complexity index is 279. The third-order valence-corrected chi connectivity index (χ3v) is 3.73. The van der Waals surface area contributed by atoms with Gasteiger partial charge in [-0.1, -0.05) is 15.9 Å². The molecule has 0 amide bonds. The van der Waals surface area contributed by atoms with Gasteiger partial charge in [-0.05, 0) is 25.2 Å². The number of carbonyl (C=O) groups is 1. The van der Waals surface area contributed by atoms with Crippen LogP contribution >= 0.6 is 15.9 Å². The van der Waals surface area contributed by atoms with Crippen molar-refractivity contribution >= 4 is 21.7 Å². The van der Waals surface area contributed by atoms with Crippen LogP contribution < -0.4 is 0 Å². The number of carbonyl (C=O) groups excluding carboxylic acids is 1. The standard InChI is InChI=1S/C10H12BrF5O/c11-7(8(17)10(14,15)16)5-6-1-3-9(12,13)4-2-6/h6-7H,1-5H2/t7-/m0/s1. The van der Waals surface area contributed by atoms with Gasteiger partial charge in [-0.2, -0.15) is 13.2 Å². The van der Waals surface area contributed by atoms with Gasteiger partial charge >= 0.3 is 6.18 Å². The van der Waals surface area contributed by atoms with Gasteiger partial charge in [0, 0.05) is 12.8 Å². The zero-order chi connectivity index (χ0) is 13.3. The fourth-order valence-corrected chi connectivity index (χ4v) is 2.70. The molecule has 17 heavy (non-hydrogen) atoms. The monoisotopic (exact) mass is 322 g/mol. The predicted molar refractivity (Wildman–Crippen MR) is 55.3 cm³/mol. The van der Waals surface area contributed by atoms with E-state index < -0.39 is 22.7 Å². The molecule has 0 N–H and O–H groups in total. The summed E-state index contributed by atoms with van der Waals surface area (Å²) in [6.07, 6.45) is -5.18. The van der Waals surface area contributed by atoms with Crippen LogP contribution in [0, 0.1) is 5.92 Å². The average Bonchev–Trinajstić information content (AvgIpc) is 2.18. The van der Waals surface area contributed by atoms with E-state index >= 15 is 0 Å². The van der Waals surface area contributed by atoms with E-state index in [0.717, 1.165) is 0 Å². The predicted octanol–water partition coefficient (Wildman–Crippen LogP) is 4.10. The molecule has 0 aromatic carbocycles. The van der Waals surface area contributed by atoms with Gasteiger partial charge in [-0.15, -0.1) is 0 Å². The molecular formula is C10H12BrF5O. The summed E-state index contributed by atoms with van der Waals surface area (Å²) < 4.78 is 61.8. The van der Waals surface area contributed by atoms with Crippen molar-refractivity contribution in [3.05, 3.63) is 0 Å². The van der Waals surface area contributed by atoms with E-state index in [-0.39, 0.29) is 38.0 Å². The molecule has 7 heteroatoms. The molecule has 0 aliphatic heterocycles. The van der Waals surface area contributed by atoms with Crippen molar-refractivity contribution in [1.82, 2.24) is 0 Å². The maximum Gasteiger partial charge on any atom is 0.451 e. The first-order chi connectivity index (χ1) is 7.62. The molecule has 0 radical (unpaired) electrons. The highest BCUT2D eigenvalue weighted by Gasteiger charge is 2.44. The Labute approximate surface area is 104 Å². The minimum absolute atomic E-state index is 0.0333. The number of Topliss-reactive ketones (excluding diaryl/α,β-unsaturated/α-hetero) is 1. The van der Waals surface area contributed by atoms with Gasteiger partial charge in [0.05, 0.1) is 4.83 Å². The lowest BCUT2D eigenvalue weighted by Gasteiger charge is -2.29. The first-order valence-corrected chi connectivity index (χ1v) is 6.16. The molecule has 0 heterocycles. The second kappa shape index (κ2) is 5.20. The van der Waals surface area contributed by atoms with Gasteiger partial charge < -0.3 is 0 Å². The highest BCUT2D eigenvalue weighted by Crippen LogP contribution is 2.39. The summed E-state index contributed by atoms with van der Waals surface area (Å²) in [5.74, 6) is -4.79. The summed E-state index contributed by atoms with van der Waals surface area (Å²) in [5, 5.41) is 0. The summed E-state index contributed by atoms with van der Waals surface area (Å²) in [4.78, 5) is 9.53. The fourth-order valence-electron chi connectivity index (χ4n) is 1.91. The molecule has 1 rings (SSSR count). The van der Waals surface area contributed by atoms with E-state index in [1.54, 1.807) is 0 Å². The molecule has 0 aromatic heterocycles. The van der Waals surface area contributed by atoms with Gasteiger partial charge in [-0.25, -0.2) is 8.78 Å². The highest BCUT2D eigenvalue weighted by molar-refractivity contribution is 9.10. The first kappa shape index (κ1) is 14.9. The topological polar surface area (TPSA) is 17.1 Å². The van der Waals surface area contributed by atoms with E-state index in [4.69, 9.17) is 0 Å². The van der Waals surface area contributed by atoms with E-state index in [0.29, 0.717) is 0 Å². The number of rotatable bonds is 3. The number of halogens is 6. The highest BCUT2D eigenvalue weighted by atomic mass is 79.9. The normalized spacial score (nSPS) is 23.4. The first-order valence-electron chi connectivity index (χ1n) is 5.25. The van der Waals surface area contributed by atoms with E-state index in [1.165, 1.54) is 0 Å². The molecule has 1 nitrogen and oxygen atoms in total. The number of ketones is 1. The molecule has 0 bridgehead atoms. The summed E-state index contributed by atoms with van der Waals surface area (Å²) >= 11 is 2.69. The van der Waals surface area contributed by atoms with Gasteiger partial charge in [0.25, 0.3) is 0 Å². The van der Waals surface area contributed by atoms with Crippen molar-refractivity contribution < 1.29 is 26.7 Å². The van der Waals surface area contributed by atoms with E-state index in [2.05, 4.69) is 15.9 Å². The molecule has 100 valence electrons. The van der Waals surface area contributed by atoms with Crippen molar-refractivity contribution in [2.75, 3.05) is 0 Å². The van der Waals surface area contributed by atoms with Crippen molar-refractivity contribution in [3.8, 4) is 0 Å². The van der Waals surface area contributed by atoms with Crippen LogP contribution in [0.15, 0.2) is 0 Å². The van der Waals surface area contributed by atoms with Gasteiger partial charge in [-0.3, -0.25) is 4.79 Å². The summed E-state index contributed by atoms with van der Waals surface area (Å²) in [6.45, 7) is 0. The van der Waals surface area contributed by atoms with Gasteiger partial charge in [0.15, 0.2) is 0 Å². The largest absolute Gasteiger partial charge is 0.451 e. The number of hydrogen-bond donors (Lipinski definition) is 0. The number of hydrogen-bond acceptors (Lipinski definition) is 1. The Morgan fingerprint density at radius 1 is 1.29 bits per heavy atom. The van der Waals surface area contributed by atoms with Crippen LogP contribution in [0.4, 0.5) is 22.0 Å². The van der Waals surface area contributed by atoms with Crippen LogP contribution in [0.3, 0.4) is 0 Å². The van der Waals surface area contributed by atoms with E-state index in [9.17, 15) is 26.7 Å². The average molecular weight is 323 g/mol. The maximum atomic E-state index is 12.8. The molecule has 0 spiro atoms. The van der Waals surface area contributed by atoms with Gasteiger partial charge in [0.1, 0.15) is 0 Å². The zero-order valence-corrected chi connectivity index (χ0v) is 10.5. The fraction of sp³-hybridized carbons (Fsp3) is 0.900. The van der Waals surface area contributed by atoms with Crippen LogP contribution in [0.25, 0.3) is 0 Å². The van der Waals surface area contributed by atoms with Crippen LogP contribution in [0.1, 0.15) is 32.1 Å². The van der Waals surface area contributed by atoms with Crippen molar-refractivity contribution in [2.45, 2.75) is 49.0 Å². The Morgan fingerprint density at radius 3 is 2.18 bits per heavy atom. The SMILES string of the molecule is O=C([C@@H](Br)CC1CCC(F)(F)CC1)C(F)(F)F. The quantitative estimate of drug-likeness (QED) is 0.565. The van der Waals surface area contributed by atoms with Crippen LogP contribution in [-0.4, -0.2) is 22.7 Å². The Balaban J connectivity index is 2.43. The second-order valence-corrected chi connectivity index (χ2v) is 5.47. The maximum absolute atomic E-state index is 12.8. The minimum Gasteiger partial charge on any atom is -0.288 e. The molecule has 1 atom stereocenters. The summed E-state index contributed by atoms with van der Waals surface area (Å²) in [6, 6.07) is 0. The second-order valence-electron chi connectivity index (χ2n) is 4.36. The Morgan fingerprint density at radius 2 is 1.76 bits per heavy atom. The van der Waals surface area contributed by atoms with Crippen molar-refractivity contribution in [1.29, 1.82) is 0 Å². The lowest BCUT2D eigenvalue weighted by Crippen LogP contribution is -2.33. The molecule has 1 aliphatic carbocycles. The molecule has 0 aromatic rings. The Hall–Kier alpha value is -0.200. The molecule has 1 fully saturated rings. The third-order valence-electron chi connectivity index (χ3n) is 2.94. The van der Waals surface area contributed by atoms with Crippen LogP contribution in [0.2, 0.25) is 0 Å². The minimum atomic E-state index is -4.87. The smallest absolute Gasteiger partial charge is 0.288 e. The Kier molecular flexibility index (Phi) is 4.54. The number of alkyl halides is 6. The molecular weight excluding hydrogens is 311 g/mol. The molecule has 0 saturated heterocycles. The lowest BCUT2D eigenvalue weighted by atomic mass is 9.83. The molecule has 0 unspecified atom stereocenters. The van der Waals surface area contributed by atoms with Crippen LogP contribution in [-0.2, 0) is 4.79 Å². The molecule has 1 aliphatic rings. The summed E-state index contributed by atoms with van der Waals surface area (Å²) in [5.41, 5.74) is 0. The summed E-state index contributed by atoms with van der Waals surface area (Å²) in [7, 11) is 0. The van der Waals surface area contributed by atoms with E-state index in [1.807, 2.05) is 0 Å². The molecule has 1 saturated carbocycles. The lowest BCUT2D eigenvalue weighted by molar-refractivity contribution is -0.170. The van der Waals surface area contributed by atoms with Gasteiger partial charge in [0.2, 0.25) is 11.7 Å². The van der Waals surface area contributed by atoms with Crippen molar-refractivity contribution in [3.63, 3.8) is 0 Å². The zero-order valence-electron chi connectivity index (χ0n) is 8.87. The third kappa shape index (κ3) is 4.52. The van der Waals surface area contributed by atoms with Crippen LogP contribution in [0.5, 0.6) is 0 Å². The van der Waals surface area contributed by atoms with Crippen molar-refractivity contribution in [2.24, 2.45) is 5.92 Å².